The van der Waals surface area contributed by atoms with Crippen LogP contribution in [0.25, 0.3) is 11.1 Å². The Balaban J connectivity index is 1.22. The number of amides is 1. The van der Waals surface area contributed by atoms with E-state index >= 15 is 0 Å². The summed E-state index contributed by atoms with van der Waals surface area (Å²) in [5.74, 6) is -1.16. The first-order chi connectivity index (χ1) is 23.8. The summed E-state index contributed by atoms with van der Waals surface area (Å²) in [6.45, 7) is 0.381. The molecule has 3 atom stereocenters. The number of nitrogens with one attached hydrogen (secondary N) is 1. The molecule has 1 heterocycles. The van der Waals surface area contributed by atoms with Gasteiger partial charge in [-0.05, 0) is 71.0 Å². The standard InChI is InChI=1S/C39H41NO8S/c41-24-26-9-11-29(12-10-26)35-22-33(25-49-34-19-17-30(18-20-34)38(45)46)47-39(48-35)31-15-13-28(14-16-31)32-6-4-5-27(21-32)23-40-36(42)7-2-1-3-8-37(43)44/h4-6,9-21,33,35,39,41H,1-3,7-8,22-25H2,(H,40,42)(H,43,44)(H,45,46)/t33-,35+,39+/m0/s1. The van der Waals surface area contributed by atoms with Crippen LogP contribution in [0.5, 0.6) is 0 Å². The molecular formula is C39H41NO8S. The zero-order valence-electron chi connectivity index (χ0n) is 27.1. The van der Waals surface area contributed by atoms with E-state index in [0.29, 0.717) is 44.4 Å². The number of hydrogen-bond donors (Lipinski definition) is 4. The maximum atomic E-state index is 12.3. The zero-order valence-corrected chi connectivity index (χ0v) is 27.9. The highest BCUT2D eigenvalue weighted by Gasteiger charge is 2.32. The lowest BCUT2D eigenvalue weighted by Gasteiger charge is -2.36. The van der Waals surface area contributed by atoms with Crippen molar-refractivity contribution in [2.75, 3.05) is 5.75 Å². The number of ether oxygens (including phenoxy) is 2. The maximum Gasteiger partial charge on any atom is 0.335 e. The number of aliphatic carboxylic acids is 1. The minimum Gasteiger partial charge on any atom is -0.481 e. The van der Waals surface area contributed by atoms with Crippen LogP contribution < -0.4 is 5.32 Å². The lowest BCUT2D eigenvalue weighted by molar-refractivity contribution is -0.245. The highest BCUT2D eigenvalue weighted by atomic mass is 32.2. The van der Waals surface area contributed by atoms with Crippen LogP contribution in [0.4, 0.5) is 0 Å². The van der Waals surface area contributed by atoms with Gasteiger partial charge in [0.1, 0.15) is 0 Å². The second-order valence-electron chi connectivity index (χ2n) is 12.0. The Kier molecular flexibility index (Phi) is 13.0. The van der Waals surface area contributed by atoms with Gasteiger partial charge in [-0.25, -0.2) is 4.79 Å². The first kappa shape index (κ1) is 35.8. The van der Waals surface area contributed by atoms with Crippen LogP contribution in [-0.4, -0.2) is 45.0 Å². The van der Waals surface area contributed by atoms with Gasteiger partial charge in [0.25, 0.3) is 0 Å². The Hall–Kier alpha value is -4.48. The molecule has 1 amide bonds. The first-order valence-electron chi connectivity index (χ1n) is 16.4. The fourth-order valence-electron chi connectivity index (χ4n) is 5.63. The van der Waals surface area contributed by atoms with Crippen LogP contribution in [0.2, 0.25) is 0 Å². The van der Waals surface area contributed by atoms with Crippen LogP contribution in [0.15, 0.2) is 102 Å². The summed E-state index contributed by atoms with van der Waals surface area (Å²) in [7, 11) is 0. The van der Waals surface area contributed by atoms with Crippen molar-refractivity contribution >= 4 is 29.6 Å². The van der Waals surface area contributed by atoms with Gasteiger partial charge in [-0.15, -0.1) is 11.8 Å². The van der Waals surface area contributed by atoms with Crippen LogP contribution >= 0.6 is 11.8 Å². The molecule has 256 valence electrons. The van der Waals surface area contributed by atoms with Gasteiger partial charge in [-0.3, -0.25) is 9.59 Å². The van der Waals surface area contributed by atoms with Crippen LogP contribution in [-0.2, 0) is 32.2 Å². The quantitative estimate of drug-likeness (QED) is 0.0696. The molecular weight excluding hydrogens is 642 g/mol. The van der Waals surface area contributed by atoms with E-state index in [2.05, 4.69) is 11.4 Å². The molecule has 4 aromatic rings. The molecule has 4 N–H and O–H groups in total. The Morgan fingerprint density at radius 2 is 1.47 bits per heavy atom. The predicted octanol–water partition coefficient (Wildman–Crippen LogP) is 7.53. The molecule has 0 spiro atoms. The summed E-state index contributed by atoms with van der Waals surface area (Å²) >= 11 is 1.61. The fourth-order valence-corrected chi connectivity index (χ4v) is 6.55. The molecule has 0 aromatic heterocycles. The number of aromatic carboxylic acids is 1. The summed E-state index contributed by atoms with van der Waals surface area (Å²) in [4.78, 5) is 35.1. The Bertz CT molecular complexity index is 1690. The molecule has 4 aromatic carbocycles. The maximum absolute atomic E-state index is 12.3. The third-order valence-corrected chi connectivity index (χ3v) is 9.52. The van der Waals surface area contributed by atoms with Gasteiger partial charge in [0.15, 0.2) is 6.29 Å². The molecule has 1 aliphatic rings. The summed E-state index contributed by atoms with van der Waals surface area (Å²) in [5.41, 5.74) is 5.97. The number of unbranched alkanes of at least 4 members (excludes halogenated alkanes) is 2. The third-order valence-electron chi connectivity index (χ3n) is 8.38. The van der Waals surface area contributed by atoms with Crippen molar-refractivity contribution in [3.05, 3.63) is 125 Å². The molecule has 0 bridgehead atoms. The van der Waals surface area contributed by atoms with E-state index in [1.807, 2.05) is 78.9 Å². The van der Waals surface area contributed by atoms with E-state index in [9.17, 15) is 24.6 Å². The zero-order chi connectivity index (χ0) is 34.6. The number of aliphatic hydroxyl groups excluding tert-OH is 1. The minimum atomic E-state index is -0.954. The van der Waals surface area contributed by atoms with E-state index < -0.39 is 18.2 Å². The van der Waals surface area contributed by atoms with Crippen LogP contribution in [0.1, 0.15) is 83.5 Å². The average molecular weight is 684 g/mol. The molecule has 1 fully saturated rings. The van der Waals surface area contributed by atoms with E-state index in [1.165, 1.54) is 0 Å². The summed E-state index contributed by atoms with van der Waals surface area (Å²) in [5, 5.41) is 30.4. The van der Waals surface area contributed by atoms with Crippen molar-refractivity contribution in [3.8, 4) is 11.1 Å². The van der Waals surface area contributed by atoms with E-state index in [-0.39, 0.29) is 36.7 Å². The number of aliphatic hydroxyl groups is 1. The van der Waals surface area contributed by atoms with E-state index in [1.54, 1.807) is 23.9 Å². The number of benzene rings is 4. The van der Waals surface area contributed by atoms with Gasteiger partial charge in [0.2, 0.25) is 5.91 Å². The summed E-state index contributed by atoms with van der Waals surface area (Å²) < 4.78 is 13.0. The molecule has 49 heavy (non-hydrogen) atoms. The van der Waals surface area contributed by atoms with Crippen molar-refractivity contribution in [1.82, 2.24) is 5.32 Å². The number of thioether (sulfide) groups is 1. The Labute approximate surface area is 290 Å². The van der Waals surface area contributed by atoms with E-state index in [4.69, 9.17) is 14.6 Å². The van der Waals surface area contributed by atoms with Crippen molar-refractivity contribution in [2.45, 2.75) is 75.1 Å². The number of carbonyl (C=O) groups is 3. The van der Waals surface area contributed by atoms with Crippen molar-refractivity contribution in [3.63, 3.8) is 0 Å². The Morgan fingerprint density at radius 3 is 2.16 bits per heavy atom. The molecule has 0 unspecified atom stereocenters. The van der Waals surface area contributed by atoms with Crippen LogP contribution in [0, 0.1) is 0 Å². The summed E-state index contributed by atoms with van der Waals surface area (Å²) in [6.07, 6.45) is 2.14. The molecule has 1 saturated heterocycles. The second kappa shape index (κ2) is 17.8. The summed E-state index contributed by atoms with van der Waals surface area (Å²) in [6, 6.07) is 30.7. The molecule has 10 heteroatoms. The number of carboxylic acid groups (broad SMARTS) is 2. The van der Waals surface area contributed by atoms with Gasteiger partial charge in [-0.2, -0.15) is 0 Å². The topological polar surface area (TPSA) is 142 Å². The first-order valence-corrected chi connectivity index (χ1v) is 17.4. The molecule has 0 radical (unpaired) electrons. The normalized spacial score (nSPS) is 17.4. The highest BCUT2D eigenvalue weighted by molar-refractivity contribution is 7.99. The smallest absolute Gasteiger partial charge is 0.335 e. The Morgan fingerprint density at radius 1 is 0.755 bits per heavy atom. The molecule has 1 aliphatic heterocycles. The van der Waals surface area contributed by atoms with Gasteiger partial charge in [0.05, 0.1) is 24.4 Å². The molecule has 5 rings (SSSR count). The van der Waals surface area contributed by atoms with Crippen molar-refractivity contribution < 1.29 is 39.2 Å². The molecule has 0 aliphatic carbocycles. The number of rotatable bonds is 16. The molecule has 0 saturated carbocycles. The monoisotopic (exact) mass is 683 g/mol. The largest absolute Gasteiger partial charge is 0.481 e. The van der Waals surface area contributed by atoms with Crippen molar-refractivity contribution in [1.29, 1.82) is 0 Å². The molecule has 9 nitrogen and oxygen atoms in total. The number of carbonyl (C=O) groups excluding carboxylic acids is 1. The van der Waals surface area contributed by atoms with Gasteiger partial charge >= 0.3 is 11.9 Å². The number of hydrogen-bond acceptors (Lipinski definition) is 7. The predicted molar refractivity (Wildman–Crippen MR) is 187 cm³/mol. The van der Waals surface area contributed by atoms with Gasteiger partial charge in [0, 0.05) is 42.0 Å². The van der Waals surface area contributed by atoms with E-state index in [0.717, 1.165) is 38.3 Å². The second-order valence-corrected chi connectivity index (χ2v) is 13.1. The third kappa shape index (κ3) is 10.8. The fraction of sp³-hybridized carbons (Fsp3) is 0.308. The highest BCUT2D eigenvalue weighted by Crippen LogP contribution is 2.40. The average Bonchev–Trinajstić information content (AvgIpc) is 3.13. The SMILES string of the molecule is O=C(O)CCCCCC(=O)NCc1cccc(-c2ccc([C@@H]3O[C@H](CSc4ccc(C(=O)O)cc4)C[C@H](c4ccc(CO)cc4)O3)cc2)c1. The lowest BCUT2D eigenvalue weighted by Crippen LogP contribution is -2.31. The number of carboxylic acids is 2. The van der Waals surface area contributed by atoms with Gasteiger partial charge < -0.3 is 30.1 Å². The van der Waals surface area contributed by atoms with Gasteiger partial charge in [-0.1, -0.05) is 73.2 Å². The van der Waals surface area contributed by atoms with Crippen LogP contribution in [0.3, 0.4) is 0 Å². The minimum absolute atomic E-state index is 0.0288. The van der Waals surface area contributed by atoms with Crippen molar-refractivity contribution in [2.24, 2.45) is 0 Å². The lowest BCUT2D eigenvalue weighted by atomic mass is 9.99.